The summed E-state index contributed by atoms with van der Waals surface area (Å²) in [7, 11) is -3.00. The van der Waals surface area contributed by atoms with Crippen LogP contribution in [0, 0.1) is 0 Å². The molecule has 0 aliphatic rings. The first kappa shape index (κ1) is 23.8. The molecule has 29 heavy (non-hydrogen) atoms. The zero-order valence-corrected chi connectivity index (χ0v) is 19.1. The van der Waals surface area contributed by atoms with Gasteiger partial charge in [-0.2, -0.15) is 0 Å². The number of aromatic nitrogens is 1. The van der Waals surface area contributed by atoms with Crippen molar-refractivity contribution in [2.45, 2.75) is 6.92 Å². The quantitative estimate of drug-likeness (QED) is 0.410. The fourth-order valence-electron chi connectivity index (χ4n) is 2.28. The van der Waals surface area contributed by atoms with Crippen LogP contribution in [0.1, 0.15) is 12.6 Å². The molecule has 1 aromatic heterocycles. The minimum absolute atomic E-state index is 0.0156. The first-order valence-corrected chi connectivity index (χ1v) is 11.8. The highest BCUT2D eigenvalue weighted by Crippen LogP contribution is 2.65. The average Bonchev–Trinajstić information content (AvgIpc) is 3.15. The lowest BCUT2D eigenvalue weighted by atomic mass is 10.2. The Morgan fingerprint density at radius 1 is 1.07 bits per heavy atom. The van der Waals surface area contributed by atoms with Crippen molar-refractivity contribution in [3.8, 4) is 17.4 Å². The first-order chi connectivity index (χ1) is 13.8. The summed E-state index contributed by atoms with van der Waals surface area (Å²) in [5, 5.41) is 0.359. The van der Waals surface area contributed by atoms with Gasteiger partial charge < -0.3 is 27.2 Å². The molecule has 0 saturated carbocycles. The zero-order valence-electron chi connectivity index (χ0n) is 16.6. The SMILES string of the molecule is CCOc1oc(-c2ccc(Cl)cc2)nc1/C(=C/P(=O)(OC)OC)P(=O)(OC)OC. The van der Waals surface area contributed by atoms with Gasteiger partial charge in [0.25, 0.3) is 0 Å². The molecule has 0 atom stereocenters. The first-order valence-electron chi connectivity index (χ1n) is 8.31. The second-order valence-corrected chi connectivity index (χ2v) is 10.1. The van der Waals surface area contributed by atoms with Gasteiger partial charge in [0.05, 0.1) is 6.61 Å². The van der Waals surface area contributed by atoms with Crippen LogP contribution in [0.3, 0.4) is 0 Å². The maximum Gasteiger partial charge on any atom is 0.363 e. The highest BCUT2D eigenvalue weighted by molar-refractivity contribution is 7.67. The van der Waals surface area contributed by atoms with Crippen LogP contribution < -0.4 is 4.74 Å². The van der Waals surface area contributed by atoms with Gasteiger partial charge in [-0.3, -0.25) is 9.13 Å². The molecule has 2 aromatic rings. The number of ether oxygens (including phenoxy) is 1. The van der Waals surface area contributed by atoms with Gasteiger partial charge in [0.2, 0.25) is 5.89 Å². The van der Waals surface area contributed by atoms with E-state index in [0.29, 0.717) is 10.6 Å². The maximum atomic E-state index is 13.2. The van der Waals surface area contributed by atoms with Gasteiger partial charge in [-0.1, -0.05) is 11.6 Å². The average molecular weight is 466 g/mol. The molecule has 1 aromatic carbocycles. The predicted molar refractivity (Wildman–Crippen MR) is 109 cm³/mol. The van der Waals surface area contributed by atoms with Crippen LogP contribution in [0.25, 0.3) is 16.8 Å². The largest absolute Gasteiger partial charge is 0.464 e. The molecular weight excluding hydrogens is 444 g/mol. The molecule has 0 aliphatic heterocycles. The molecule has 0 N–H and O–H groups in total. The van der Waals surface area contributed by atoms with Crippen LogP contribution in [-0.4, -0.2) is 40.0 Å². The molecule has 0 unspecified atom stereocenters. The van der Waals surface area contributed by atoms with Crippen LogP contribution >= 0.6 is 26.8 Å². The van der Waals surface area contributed by atoms with Crippen LogP contribution in [0.4, 0.5) is 0 Å². The van der Waals surface area contributed by atoms with Crippen molar-refractivity contribution >= 4 is 32.1 Å². The third-order valence-electron chi connectivity index (χ3n) is 3.77. The number of oxazole rings is 1. The summed E-state index contributed by atoms with van der Waals surface area (Å²) in [6.45, 7) is 1.96. The number of rotatable bonds is 10. The van der Waals surface area contributed by atoms with E-state index in [4.69, 9.17) is 38.8 Å². The van der Waals surface area contributed by atoms with Crippen molar-refractivity contribution in [1.82, 2.24) is 4.98 Å². The molecule has 0 aliphatic carbocycles. The topological polar surface area (TPSA) is 106 Å². The lowest BCUT2D eigenvalue weighted by molar-refractivity contribution is 0.258. The molecule has 0 amide bonds. The fourth-order valence-corrected chi connectivity index (χ4v) is 5.12. The van der Waals surface area contributed by atoms with E-state index in [-0.39, 0.29) is 29.5 Å². The predicted octanol–water partition coefficient (Wildman–Crippen LogP) is 5.66. The van der Waals surface area contributed by atoms with E-state index in [1.807, 2.05) is 0 Å². The van der Waals surface area contributed by atoms with E-state index in [1.54, 1.807) is 31.2 Å². The van der Waals surface area contributed by atoms with Crippen molar-refractivity contribution in [3.63, 3.8) is 0 Å². The minimum atomic E-state index is -3.97. The molecule has 0 saturated heterocycles. The second-order valence-electron chi connectivity index (χ2n) is 5.38. The molecular formula is C17H22ClNO8P2. The minimum Gasteiger partial charge on any atom is -0.464 e. The van der Waals surface area contributed by atoms with Crippen molar-refractivity contribution in [2.75, 3.05) is 35.0 Å². The van der Waals surface area contributed by atoms with E-state index >= 15 is 0 Å². The van der Waals surface area contributed by atoms with Gasteiger partial charge in [-0.15, -0.1) is 0 Å². The van der Waals surface area contributed by atoms with Crippen LogP contribution in [-0.2, 0) is 27.2 Å². The number of hydrogen-bond donors (Lipinski definition) is 0. The Kier molecular flexibility index (Phi) is 8.26. The summed E-state index contributed by atoms with van der Waals surface area (Å²) < 4.78 is 57.2. The van der Waals surface area contributed by atoms with Crippen LogP contribution in [0.5, 0.6) is 5.95 Å². The summed E-state index contributed by atoms with van der Waals surface area (Å²) >= 11 is 5.92. The van der Waals surface area contributed by atoms with Crippen LogP contribution in [0.2, 0.25) is 5.02 Å². The smallest absolute Gasteiger partial charge is 0.363 e. The zero-order chi connectivity index (χ0) is 21.7. The summed E-state index contributed by atoms with van der Waals surface area (Å²) in [4.78, 5) is 4.38. The van der Waals surface area contributed by atoms with E-state index in [0.717, 1.165) is 5.82 Å². The van der Waals surface area contributed by atoms with E-state index < -0.39 is 15.2 Å². The molecule has 0 radical (unpaired) electrons. The lowest BCUT2D eigenvalue weighted by Crippen LogP contribution is -1.99. The van der Waals surface area contributed by atoms with Gasteiger partial charge in [-0.05, 0) is 31.2 Å². The normalized spacial score (nSPS) is 13.0. The molecule has 0 fully saturated rings. The monoisotopic (exact) mass is 465 g/mol. The molecule has 9 nitrogen and oxygen atoms in total. The molecule has 160 valence electrons. The van der Waals surface area contributed by atoms with Gasteiger partial charge in [0.1, 0.15) is 5.31 Å². The molecule has 12 heteroatoms. The fraction of sp³-hybridized carbons (Fsp3) is 0.353. The third kappa shape index (κ3) is 5.38. The molecule has 2 rings (SSSR count). The molecule has 0 spiro atoms. The van der Waals surface area contributed by atoms with Gasteiger partial charge in [0.15, 0.2) is 5.69 Å². The Morgan fingerprint density at radius 2 is 1.66 bits per heavy atom. The van der Waals surface area contributed by atoms with Crippen molar-refractivity contribution in [2.24, 2.45) is 0 Å². The molecule has 0 bridgehead atoms. The van der Waals surface area contributed by atoms with E-state index in [2.05, 4.69) is 4.98 Å². The Bertz CT molecular complexity index is 941. The highest BCUT2D eigenvalue weighted by Gasteiger charge is 2.38. The number of hydrogen-bond acceptors (Lipinski definition) is 9. The Hall–Kier alpha value is -1.44. The van der Waals surface area contributed by atoms with E-state index in [9.17, 15) is 9.13 Å². The van der Waals surface area contributed by atoms with Crippen molar-refractivity contribution < 1.29 is 36.4 Å². The van der Waals surface area contributed by atoms with Gasteiger partial charge >= 0.3 is 21.1 Å². The standard InChI is InChI=1S/C17H22ClNO8P2/c1-6-26-17-15(19-16(27-17)12-7-9-13(18)10-8-12)14(29(21,24-4)25-5)11-28(20,22-2)23-3/h7-11H,6H2,1-5H3/b14-11-. The lowest BCUT2D eigenvalue weighted by Gasteiger charge is -2.18. The van der Waals surface area contributed by atoms with Gasteiger partial charge in [-0.25, -0.2) is 4.98 Å². The highest BCUT2D eigenvalue weighted by atomic mass is 35.5. The third-order valence-corrected chi connectivity index (χ3v) is 7.71. The maximum absolute atomic E-state index is 13.2. The van der Waals surface area contributed by atoms with Crippen LogP contribution in [0.15, 0.2) is 34.5 Å². The van der Waals surface area contributed by atoms with Gasteiger partial charge in [0, 0.05) is 44.8 Å². The number of nitrogens with zero attached hydrogens (tertiary/aromatic N) is 1. The number of halogens is 1. The summed E-state index contributed by atoms with van der Waals surface area (Å²) in [6, 6.07) is 6.71. The van der Waals surface area contributed by atoms with E-state index in [1.165, 1.54) is 28.4 Å². The van der Waals surface area contributed by atoms with Crippen molar-refractivity contribution in [1.29, 1.82) is 0 Å². The summed E-state index contributed by atoms with van der Waals surface area (Å²) in [5.41, 5.74) is 0.574. The number of benzene rings is 1. The van der Waals surface area contributed by atoms with Crippen molar-refractivity contribution in [3.05, 3.63) is 40.8 Å². The summed E-state index contributed by atoms with van der Waals surface area (Å²) in [6.07, 6.45) is 0. The summed E-state index contributed by atoms with van der Waals surface area (Å²) in [5.74, 6) is 1.12. The Morgan fingerprint density at radius 3 is 2.14 bits per heavy atom. The Balaban J connectivity index is 2.75. The molecule has 1 heterocycles. The Labute approximate surface area is 174 Å². The second kappa shape index (κ2) is 10.0.